The molecule has 1 N–H and O–H groups in total. The van der Waals surface area contributed by atoms with E-state index in [4.69, 9.17) is 11.6 Å². The quantitative estimate of drug-likeness (QED) is 0.356. The number of rotatable bonds is 4. The number of benzene rings is 2. The third-order valence-corrected chi connectivity index (χ3v) is 6.88. The number of likely N-dealkylation sites (N-methyl/N-ethyl adjacent to an activating group) is 1. The zero-order valence-electron chi connectivity index (χ0n) is 17.6. The molecule has 3 aromatic rings. The van der Waals surface area contributed by atoms with E-state index in [1.54, 1.807) is 55.7 Å². The van der Waals surface area contributed by atoms with E-state index in [1.165, 1.54) is 18.3 Å². The van der Waals surface area contributed by atoms with E-state index in [1.807, 2.05) is 4.90 Å². The number of halogens is 1. The lowest BCUT2D eigenvalue weighted by molar-refractivity contribution is -0.384. The van der Waals surface area contributed by atoms with Crippen molar-refractivity contribution >= 4 is 34.7 Å². The van der Waals surface area contributed by atoms with E-state index < -0.39 is 22.3 Å². The van der Waals surface area contributed by atoms with Crippen molar-refractivity contribution in [3.05, 3.63) is 98.8 Å². The fourth-order valence-electron chi connectivity index (χ4n) is 5.27. The fraction of sp³-hybridized carbons (Fsp3) is 0.208. The fourth-order valence-corrected chi connectivity index (χ4v) is 5.44. The monoisotopic (exact) mass is 462 g/mol. The summed E-state index contributed by atoms with van der Waals surface area (Å²) in [4.78, 5) is 44.5. The summed E-state index contributed by atoms with van der Waals surface area (Å²) in [6, 6.07) is 14.7. The number of carbonyl (C=O) groups is 2. The molecule has 2 aliphatic rings. The number of nitrogens with one attached hydrogen (secondary N) is 1. The first-order chi connectivity index (χ1) is 15.8. The molecule has 9 heteroatoms. The van der Waals surface area contributed by atoms with Gasteiger partial charge in [-0.1, -0.05) is 23.7 Å². The molecule has 1 spiro atoms. The molecule has 0 aliphatic carbocycles. The summed E-state index contributed by atoms with van der Waals surface area (Å²) in [6.07, 6.45) is 3.05. The van der Waals surface area contributed by atoms with E-state index in [0.29, 0.717) is 33.9 Å². The minimum Gasteiger partial charge on any atom is -0.324 e. The molecule has 0 radical (unpaired) electrons. The molecule has 3 atom stereocenters. The van der Waals surface area contributed by atoms with Crippen LogP contribution in [-0.2, 0) is 10.3 Å². The number of fused-ring (bicyclic) bond motifs is 2. The zero-order chi connectivity index (χ0) is 23.3. The highest BCUT2D eigenvalue weighted by molar-refractivity contribution is 6.31. The molecule has 1 saturated heterocycles. The Kier molecular flexibility index (Phi) is 4.99. The van der Waals surface area contributed by atoms with Gasteiger partial charge in [-0.05, 0) is 42.9 Å². The second-order valence-electron chi connectivity index (χ2n) is 8.33. The van der Waals surface area contributed by atoms with Crippen molar-refractivity contribution < 1.29 is 14.5 Å². The number of aromatic nitrogens is 1. The van der Waals surface area contributed by atoms with Gasteiger partial charge in [-0.25, -0.2) is 0 Å². The molecule has 2 aromatic carbocycles. The molecule has 1 fully saturated rings. The van der Waals surface area contributed by atoms with Crippen LogP contribution in [0, 0.1) is 16.0 Å². The van der Waals surface area contributed by atoms with Crippen molar-refractivity contribution in [2.75, 3.05) is 18.9 Å². The Bertz CT molecular complexity index is 1300. The normalized spacial score (nSPS) is 24.0. The van der Waals surface area contributed by atoms with Crippen LogP contribution in [-0.4, -0.2) is 40.1 Å². The summed E-state index contributed by atoms with van der Waals surface area (Å²) in [6.45, 7) is 0.344. The predicted octanol–water partition coefficient (Wildman–Crippen LogP) is 4.02. The summed E-state index contributed by atoms with van der Waals surface area (Å²) in [7, 11) is 1.79. The van der Waals surface area contributed by atoms with Crippen molar-refractivity contribution in [3.8, 4) is 0 Å². The van der Waals surface area contributed by atoms with Gasteiger partial charge in [0.05, 0.1) is 10.8 Å². The van der Waals surface area contributed by atoms with Crippen LogP contribution in [0.15, 0.2) is 67.0 Å². The van der Waals surface area contributed by atoms with Gasteiger partial charge in [-0.15, -0.1) is 0 Å². The van der Waals surface area contributed by atoms with Gasteiger partial charge >= 0.3 is 0 Å². The van der Waals surface area contributed by atoms with Crippen molar-refractivity contribution in [1.29, 1.82) is 0 Å². The number of amides is 1. The number of ketones is 1. The number of nitro groups is 1. The number of hydrogen-bond donors (Lipinski definition) is 1. The third-order valence-electron chi connectivity index (χ3n) is 6.65. The highest BCUT2D eigenvalue weighted by atomic mass is 35.5. The minimum absolute atomic E-state index is 0.0667. The number of likely N-dealkylation sites (tertiary alicyclic amines) is 1. The predicted molar refractivity (Wildman–Crippen MR) is 122 cm³/mol. The standard InChI is InChI=1S/C24H19ClN4O4/c1-28-13-18(14-4-2-6-17(10-14)29(32)33)21(22(30)15-5-3-9-26-12-15)24(28)19-11-16(25)7-8-20(19)27-23(24)31/h2-12,18,21H,13H2,1H3,(H,27,31)/t18-,21-,24+/m1/s1. The van der Waals surface area contributed by atoms with Gasteiger partial charge in [-0.2, -0.15) is 0 Å². The number of nitrogens with zero attached hydrogens (tertiary/aromatic N) is 3. The first kappa shape index (κ1) is 21.2. The van der Waals surface area contributed by atoms with Crippen LogP contribution in [0.2, 0.25) is 5.02 Å². The Morgan fingerprint density at radius 1 is 1.24 bits per heavy atom. The van der Waals surface area contributed by atoms with Crippen LogP contribution in [0.25, 0.3) is 0 Å². The van der Waals surface area contributed by atoms with Gasteiger partial charge < -0.3 is 5.32 Å². The molecule has 0 unspecified atom stereocenters. The molecule has 2 aliphatic heterocycles. The van der Waals surface area contributed by atoms with E-state index in [-0.39, 0.29) is 17.4 Å². The highest BCUT2D eigenvalue weighted by Crippen LogP contribution is 2.56. The molecule has 8 nitrogen and oxygen atoms in total. The van der Waals surface area contributed by atoms with E-state index in [2.05, 4.69) is 10.3 Å². The molecule has 0 bridgehead atoms. The Balaban J connectivity index is 1.74. The molecule has 166 valence electrons. The average molecular weight is 463 g/mol. The van der Waals surface area contributed by atoms with Gasteiger partial charge in [0.2, 0.25) is 5.91 Å². The van der Waals surface area contributed by atoms with E-state index >= 15 is 0 Å². The number of Topliss-reactive ketones (excluding diaryl/α,β-unsaturated/α-hetero) is 1. The van der Waals surface area contributed by atoms with Crippen LogP contribution >= 0.6 is 11.6 Å². The van der Waals surface area contributed by atoms with Crippen LogP contribution in [0.1, 0.15) is 27.4 Å². The third kappa shape index (κ3) is 3.13. The summed E-state index contributed by atoms with van der Waals surface area (Å²) in [5.74, 6) is -1.91. The number of carbonyl (C=O) groups excluding carboxylic acids is 2. The number of anilines is 1. The molecular weight excluding hydrogens is 444 g/mol. The molecule has 3 heterocycles. The smallest absolute Gasteiger partial charge is 0.269 e. The van der Waals surface area contributed by atoms with Crippen molar-refractivity contribution in [2.45, 2.75) is 11.5 Å². The lowest BCUT2D eigenvalue weighted by atomic mass is 9.70. The average Bonchev–Trinajstić information content (AvgIpc) is 3.29. The van der Waals surface area contributed by atoms with Gasteiger partial charge in [0, 0.05) is 58.8 Å². The Hall–Kier alpha value is -3.62. The topological polar surface area (TPSA) is 105 Å². The molecule has 0 saturated carbocycles. The Labute approximate surface area is 194 Å². The van der Waals surface area contributed by atoms with E-state index in [9.17, 15) is 19.7 Å². The molecule has 1 amide bonds. The number of nitro benzene ring substituents is 1. The minimum atomic E-state index is -1.32. The highest BCUT2D eigenvalue weighted by Gasteiger charge is 2.64. The summed E-state index contributed by atoms with van der Waals surface area (Å²) < 4.78 is 0. The molecular formula is C24H19ClN4O4. The maximum atomic E-state index is 14.0. The first-order valence-electron chi connectivity index (χ1n) is 10.4. The molecule has 33 heavy (non-hydrogen) atoms. The van der Waals surface area contributed by atoms with Gasteiger partial charge in [-0.3, -0.25) is 29.6 Å². The van der Waals surface area contributed by atoms with Crippen molar-refractivity contribution in [2.24, 2.45) is 5.92 Å². The second-order valence-corrected chi connectivity index (χ2v) is 8.77. The van der Waals surface area contributed by atoms with Crippen molar-refractivity contribution in [3.63, 3.8) is 0 Å². The van der Waals surface area contributed by atoms with Crippen LogP contribution in [0.5, 0.6) is 0 Å². The number of non-ortho nitro benzene ring substituents is 1. The van der Waals surface area contributed by atoms with Crippen LogP contribution < -0.4 is 5.32 Å². The number of hydrogen-bond acceptors (Lipinski definition) is 6. The summed E-state index contributed by atoms with van der Waals surface area (Å²) >= 11 is 6.31. The molecule has 1 aromatic heterocycles. The SMILES string of the molecule is CN1C[C@H](c2cccc([N+](=O)[O-])c2)[C@H](C(=O)c2cccnc2)[C@@]12C(=O)Nc1ccc(Cl)cc12. The van der Waals surface area contributed by atoms with Gasteiger partial charge in [0.15, 0.2) is 5.78 Å². The van der Waals surface area contributed by atoms with Crippen molar-refractivity contribution in [1.82, 2.24) is 9.88 Å². The Morgan fingerprint density at radius 2 is 2.06 bits per heavy atom. The lowest BCUT2D eigenvalue weighted by Crippen LogP contribution is -2.51. The lowest BCUT2D eigenvalue weighted by Gasteiger charge is -2.35. The first-order valence-corrected chi connectivity index (χ1v) is 10.7. The van der Waals surface area contributed by atoms with Crippen LogP contribution in [0.4, 0.5) is 11.4 Å². The largest absolute Gasteiger partial charge is 0.324 e. The Morgan fingerprint density at radius 3 is 2.79 bits per heavy atom. The van der Waals surface area contributed by atoms with Gasteiger partial charge in [0.1, 0.15) is 5.54 Å². The molecule has 5 rings (SSSR count). The summed E-state index contributed by atoms with van der Waals surface area (Å²) in [5.41, 5.74) is 0.831. The van der Waals surface area contributed by atoms with Gasteiger partial charge in [0.25, 0.3) is 5.69 Å². The summed E-state index contributed by atoms with van der Waals surface area (Å²) in [5, 5.41) is 14.8. The zero-order valence-corrected chi connectivity index (χ0v) is 18.3. The van der Waals surface area contributed by atoms with Crippen LogP contribution in [0.3, 0.4) is 0 Å². The number of pyridine rings is 1. The second kappa shape index (κ2) is 7.75. The maximum absolute atomic E-state index is 14.0. The van der Waals surface area contributed by atoms with E-state index in [0.717, 1.165) is 0 Å². The maximum Gasteiger partial charge on any atom is 0.269 e.